The SMILES string of the molecule is CC(C)Nc1nc(NC[C@H]2CC[C@H](CNS(=O)(=O)c3cccc4ccccc34)CC2)nc2ccccc12. The lowest BCUT2D eigenvalue weighted by Gasteiger charge is -2.28. The highest BCUT2D eigenvalue weighted by Gasteiger charge is 2.24. The minimum Gasteiger partial charge on any atom is -0.367 e. The van der Waals surface area contributed by atoms with Crippen LogP contribution in [0.4, 0.5) is 11.8 Å². The van der Waals surface area contributed by atoms with Crippen LogP contribution in [0.15, 0.2) is 71.6 Å². The van der Waals surface area contributed by atoms with Gasteiger partial charge in [-0.15, -0.1) is 0 Å². The summed E-state index contributed by atoms with van der Waals surface area (Å²) in [4.78, 5) is 9.80. The molecule has 4 aromatic rings. The Morgan fingerprint density at radius 3 is 2.22 bits per heavy atom. The van der Waals surface area contributed by atoms with E-state index in [1.54, 1.807) is 12.1 Å². The van der Waals surface area contributed by atoms with Crippen LogP contribution in [0.3, 0.4) is 0 Å². The third-order valence-corrected chi connectivity index (χ3v) is 8.63. The first-order valence-corrected chi connectivity index (χ1v) is 14.6. The molecule has 37 heavy (non-hydrogen) atoms. The van der Waals surface area contributed by atoms with Crippen molar-refractivity contribution < 1.29 is 8.42 Å². The fourth-order valence-electron chi connectivity index (χ4n) is 5.15. The number of nitrogens with zero attached hydrogens (tertiary/aromatic N) is 2. The number of aromatic nitrogens is 2. The summed E-state index contributed by atoms with van der Waals surface area (Å²) in [5.41, 5.74) is 0.922. The highest BCUT2D eigenvalue weighted by Crippen LogP contribution is 2.30. The molecular weight excluding hydrogens is 482 g/mol. The van der Waals surface area contributed by atoms with Crippen LogP contribution in [0.1, 0.15) is 39.5 Å². The van der Waals surface area contributed by atoms with Crippen molar-refractivity contribution in [3.8, 4) is 0 Å². The Balaban J connectivity index is 1.15. The molecule has 1 aliphatic carbocycles. The summed E-state index contributed by atoms with van der Waals surface area (Å²) in [7, 11) is -3.56. The predicted molar refractivity (Wildman–Crippen MR) is 151 cm³/mol. The first kappa shape index (κ1) is 25.4. The molecule has 5 rings (SSSR count). The van der Waals surface area contributed by atoms with Gasteiger partial charge in [0.05, 0.1) is 10.4 Å². The first-order valence-electron chi connectivity index (χ1n) is 13.1. The molecule has 1 fully saturated rings. The maximum atomic E-state index is 13.1. The number of hydrogen-bond acceptors (Lipinski definition) is 6. The maximum absolute atomic E-state index is 13.1. The summed E-state index contributed by atoms with van der Waals surface area (Å²) < 4.78 is 29.0. The third-order valence-electron chi connectivity index (χ3n) is 7.14. The number of para-hydroxylation sites is 1. The van der Waals surface area contributed by atoms with Gasteiger partial charge < -0.3 is 10.6 Å². The van der Waals surface area contributed by atoms with Crippen molar-refractivity contribution in [2.45, 2.75) is 50.5 Å². The lowest BCUT2D eigenvalue weighted by molar-refractivity contribution is 0.284. The zero-order valence-electron chi connectivity index (χ0n) is 21.4. The molecule has 1 saturated carbocycles. The zero-order chi connectivity index (χ0) is 25.8. The quantitative estimate of drug-likeness (QED) is 0.260. The van der Waals surface area contributed by atoms with Crippen molar-refractivity contribution in [3.63, 3.8) is 0 Å². The fourth-order valence-corrected chi connectivity index (χ4v) is 6.49. The molecule has 0 spiro atoms. The van der Waals surface area contributed by atoms with Crippen LogP contribution < -0.4 is 15.4 Å². The second kappa shape index (κ2) is 11.0. The highest BCUT2D eigenvalue weighted by atomic mass is 32.2. The Morgan fingerprint density at radius 1 is 0.811 bits per heavy atom. The number of benzene rings is 3. The van der Waals surface area contributed by atoms with Crippen molar-refractivity contribution in [1.82, 2.24) is 14.7 Å². The summed E-state index contributed by atoms with van der Waals surface area (Å²) in [6.07, 6.45) is 4.11. The average Bonchev–Trinajstić information content (AvgIpc) is 2.91. The van der Waals surface area contributed by atoms with Gasteiger partial charge in [0.15, 0.2) is 0 Å². The van der Waals surface area contributed by atoms with E-state index in [2.05, 4.69) is 29.2 Å². The molecule has 7 nitrogen and oxygen atoms in total. The van der Waals surface area contributed by atoms with Crippen LogP contribution in [0.2, 0.25) is 0 Å². The number of fused-ring (bicyclic) bond motifs is 2. The molecule has 0 bridgehead atoms. The summed E-state index contributed by atoms with van der Waals surface area (Å²) in [6.45, 7) is 5.49. The molecular formula is C29H35N5O2S. The van der Waals surface area contributed by atoms with Gasteiger partial charge in [-0.25, -0.2) is 18.1 Å². The molecule has 194 valence electrons. The minimum absolute atomic E-state index is 0.277. The van der Waals surface area contributed by atoms with Crippen LogP contribution in [0.25, 0.3) is 21.7 Å². The van der Waals surface area contributed by atoms with Crippen LogP contribution in [0.5, 0.6) is 0 Å². The van der Waals surface area contributed by atoms with E-state index < -0.39 is 10.0 Å². The van der Waals surface area contributed by atoms with Gasteiger partial charge in [-0.05, 0) is 75.0 Å². The number of hydrogen-bond donors (Lipinski definition) is 3. The topological polar surface area (TPSA) is 96.0 Å². The van der Waals surface area contributed by atoms with E-state index >= 15 is 0 Å². The molecule has 1 heterocycles. The second-order valence-corrected chi connectivity index (χ2v) is 12.0. The molecule has 0 atom stereocenters. The van der Waals surface area contributed by atoms with Gasteiger partial charge in [-0.3, -0.25) is 0 Å². The van der Waals surface area contributed by atoms with Crippen LogP contribution in [-0.2, 0) is 10.0 Å². The molecule has 3 N–H and O–H groups in total. The van der Waals surface area contributed by atoms with E-state index in [1.165, 1.54) is 0 Å². The second-order valence-electron chi connectivity index (χ2n) is 10.3. The number of rotatable bonds is 9. The highest BCUT2D eigenvalue weighted by molar-refractivity contribution is 7.89. The summed E-state index contributed by atoms with van der Waals surface area (Å²) in [5, 5.41) is 9.60. The Hall–Kier alpha value is -3.23. The summed E-state index contributed by atoms with van der Waals surface area (Å²) >= 11 is 0. The van der Waals surface area contributed by atoms with Crippen LogP contribution >= 0.6 is 0 Å². The first-order chi connectivity index (χ1) is 17.9. The van der Waals surface area contributed by atoms with E-state index in [4.69, 9.17) is 9.97 Å². The predicted octanol–water partition coefficient (Wildman–Crippen LogP) is 5.80. The van der Waals surface area contributed by atoms with Crippen molar-refractivity contribution in [2.75, 3.05) is 23.7 Å². The monoisotopic (exact) mass is 517 g/mol. The van der Waals surface area contributed by atoms with Crippen molar-refractivity contribution >= 4 is 43.5 Å². The summed E-state index contributed by atoms with van der Waals surface area (Å²) in [6, 6.07) is 21.4. The van der Waals surface area contributed by atoms with Crippen LogP contribution in [-0.4, -0.2) is 37.5 Å². The number of sulfonamides is 1. The molecule has 1 aromatic heterocycles. The number of anilines is 2. The van der Waals surface area contributed by atoms with Crippen LogP contribution in [0, 0.1) is 11.8 Å². The van der Waals surface area contributed by atoms with Gasteiger partial charge in [0.25, 0.3) is 0 Å². The van der Waals surface area contributed by atoms with Gasteiger partial charge in [0, 0.05) is 29.9 Å². The maximum Gasteiger partial charge on any atom is 0.241 e. The Kier molecular flexibility index (Phi) is 7.58. The van der Waals surface area contributed by atoms with E-state index in [0.717, 1.165) is 59.7 Å². The normalized spacial score (nSPS) is 18.4. The van der Waals surface area contributed by atoms with Crippen molar-refractivity contribution in [1.29, 1.82) is 0 Å². The van der Waals surface area contributed by atoms with E-state index in [0.29, 0.717) is 29.2 Å². The van der Waals surface area contributed by atoms with Gasteiger partial charge in [-0.2, -0.15) is 4.98 Å². The van der Waals surface area contributed by atoms with Gasteiger partial charge >= 0.3 is 0 Å². The van der Waals surface area contributed by atoms with Gasteiger partial charge in [0.1, 0.15) is 5.82 Å². The minimum atomic E-state index is -3.56. The van der Waals surface area contributed by atoms with E-state index in [-0.39, 0.29) is 6.04 Å². The Bertz CT molecular complexity index is 1480. The molecule has 0 unspecified atom stereocenters. The Labute approximate surface area is 219 Å². The molecule has 0 radical (unpaired) electrons. The molecule has 8 heteroatoms. The zero-order valence-corrected chi connectivity index (χ0v) is 22.3. The standard InChI is InChI=1S/C29H35N5O2S/c1-20(2)32-28-25-11-5-6-12-26(25)33-29(34-28)30-18-21-14-16-22(17-15-21)19-31-37(35,36)27-13-7-9-23-8-3-4-10-24(23)27/h3-13,20-22,31H,14-19H2,1-2H3,(H2,30,32,33,34)/t21-,22-. The van der Waals surface area contributed by atoms with Crippen molar-refractivity contribution in [2.24, 2.45) is 11.8 Å². The Morgan fingerprint density at radius 2 is 1.46 bits per heavy atom. The van der Waals surface area contributed by atoms with Gasteiger partial charge in [0.2, 0.25) is 16.0 Å². The lowest BCUT2D eigenvalue weighted by atomic mass is 9.82. The molecule has 0 saturated heterocycles. The molecule has 3 aromatic carbocycles. The fraction of sp³-hybridized carbons (Fsp3) is 0.379. The molecule has 0 amide bonds. The largest absolute Gasteiger partial charge is 0.367 e. The van der Waals surface area contributed by atoms with E-state index in [1.807, 2.05) is 54.6 Å². The van der Waals surface area contributed by atoms with Gasteiger partial charge in [-0.1, -0.05) is 48.5 Å². The summed E-state index contributed by atoms with van der Waals surface area (Å²) in [5.74, 6) is 2.36. The third kappa shape index (κ3) is 6.02. The average molecular weight is 518 g/mol. The molecule has 0 aliphatic heterocycles. The van der Waals surface area contributed by atoms with Crippen molar-refractivity contribution in [3.05, 3.63) is 66.7 Å². The number of nitrogens with one attached hydrogen (secondary N) is 3. The smallest absolute Gasteiger partial charge is 0.241 e. The molecule has 1 aliphatic rings. The lowest BCUT2D eigenvalue weighted by Crippen LogP contribution is -2.32. The van der Waals surface area contributed by atoms with E-state index in [9.17, 15) is 8.42 Å².